The zero-order valence-corrected chi connectivity index (χ0v) is 23.1. The average molecular weight is 532 g/mol. The number of halogens is 2. The van der Waals surface area contributed by atoms with Crippen LogP contribution in [0.1, 0.15) is 65.5 Å². The van der Waals surface area contributed by atoms with Crippen molar-refractivity contribution in [1.29, 1.82) is 0 Å². The Hall–Kier alpha value is -3.36. The smallest absolute Gasteiger partial charge is 0.410 e. The van der Waals surface area contributed by atoms with E-state index in [-0.39, 0.29) is 30.8 Å². The number of hydrogen-bond acceptors (Lipinski definition) is 4. The van der Waals surface area contributed by atoms with Crippen molar-refractivity contribution in [2.75, 3.05) is 13.1 Å². The molecule has 1 aliphatic heterocycles. The lowest BCUT2D eigenvalue weighted by atomic mass is 9.87. The summed E-state index contributed by atoms with van der Waals surface area (Å²) in [6.07, 6.45) is 0.612. The van der Waals surface area contributed by atoms with Gasteiger partial charge in [0.05, 0.1) is 12.6 Å². The van der Waals surface area contributed by atoms with Gasteiger partial charge in [0.25, 0.3) is 0 Å². The molecule has 0 unspecified atom stereocenters. The maximum Gasteiger partial charge on any atom is 0.410 e. The first-order chi connectivity index (χ1) is 17.8. The molecule has 1 saturated heterocycles. The molecule has 0 radical (unpaired) electrons. The van der Waals surface area contributed by atoms with E-state index in [1.807, 2.05) is 65.8 Å². The maximum atomic E-state index is 14.6. The van der Waals surface area contributed by atoms with E-state index in [0.717, 1.165) is 17.4 Å². The Morgan fingerprint density at radius 3 is 2.26 bits per heavy atom. The molecule has 0 aromatic heterocycles. The van der Waals surface area contributed by atoms with E-state index in [1.54, 1.807) is 9.80 Å². The number of benzene rings is 2. The van der Waals surface area contributed by atoms with Crippen molar-refractivity contribution in [3.8, 4) is 5.75 Å². The first-order valence-electron chi connectivity index (χ1n) is 13.0. The third kappa shape index (κ3) is 8.07. The van der Waals surface area contributed by atoms with Gasteiger partial charge in [-0.1, -0.05) is 18.2 Å². The number of rotatable bonds is 7. The molecule has 9 heteroatoms. The second kappa shape index (κ2) is 12.0. The van der Waals surface area contributed by atoms with Crippen molar-refractivity contribution in [3.05, 3.63) is 65.2 Å². The number of carbonyl (C=O) groups excluding carboxylic acids is 2. The molecule has 2 aromatic carbocycles. The van der Waals surface area contributed by atoms with Crippen molar-refractivity contribution in [2.45, 2.75) is 84.7 Å². The minimum absolute atomic E-state index is 0.0396. The van der Waals surface area contributed by atoms with Gasteiger partial charge in [0.1, 0.15) is 23.0 Å². The van der Waals surface area contributed by atoms with Crippen LogP contribution in [0.4, 0.5) is 18.4 Å². The Balaban J connectivity index is 1.74. The predicted octanol–water partition coefficient (Wildman–Crippen LogP) is 6.25. The van der Waals surface area contributed by atoms with Gasteiger partial charge in [-0.2, -0.15) is 0 Å². The molecule has 7 nitrogen and oxygen atoms in total. The molecule has 1 N–H and O–H groups in total. The number of urea groups is 1. The molecule has 0 spiro atoms. The summed E-state index contributed by atoms with van der Waals surface area (Å²) in [4.78, 5) is 29.3. The second-order valence-electron chi connectivity index (χ2n) is 11.3. The summed E-state index contributed by atoms with van der Waals surface area (Å²) in [5, 5.41) is 2.94. The van der Waals surface area contributed by atoms with Crippen LogP contribution in [0.15, 0.2) is 42.5 Å². The molecule has 0 saturated carbocycles. The maximum absolute atomic E-state index is 14.6. The Kier molecular flexibility index (Phi) is 9.22. The molecular weight excluding hydrogens is 492 g/mol. The van der Waals surface area contributed by atoms with Crippen molar-refractivity contribution < 1.29 is 27.8 Å². The third-order valence-electron chi connectivity index (χ3n) is 6.47. The number of nitrogens with zero attached hydrogens (tertiary/aromatic N) is 2. The van der Waals surface area contributed by atoms with Gasteiger partial charge in [0.2, 0.25) is 0 Å². The summed E-state index contributed by atoms with van der Waals surface area (Å²) in [7, 11) is 0. The summed E-state index contributed by atoms with van der Waals surface area (Å²) in [6, 6.07) is 10.4. The van der Waals surface area contributed by atoms with E-state index in [1.165, 1.54) is 12.1 Å². The van der Waals surface area contributed by atoms with Crippen LogP contribution in [-0.2, 0) is 17.8 Å². The fourth-order valence-electron chi connectivity index (χ4n) is 4.33. The fraction of sp³-hybridized carbons (Fsp3) is 0.517. The van der Waals surface area contributed by atoms with E-state index >= 15 is 0 Å². The monoisotopic (exact) mass is 531 g/mol. The molecule has 3 rings (SSSR count). The predicted molar refractivity (Wildman–Crippen MR) is 142 cm³/mol. The van der Waals surface area contributed by atoms with Gasteiger partial charge in [0, 0.05) is 36.8 Å². The van der Waals surface area contributed by atoms with Crippen molar-refractivity contribution in [1.82, 2.24) is 15.1 Å². The molecule has 1 heterocycles. The summed E-state index contributed by atoms with van der Waals surface area (Å²) in [5.74, 6) is -0.643. The van der Waals surface area contributed by atoms with Gasteiger partial charge in [0.15, 0.2) is 0 Å². The highest BCUT2D eigenvalue weighted by Crippen LogP contribution is 2.31. The first kappa shape index (κ1) is 29.2. The van der Waals surface area contributed by atoms with Crippen LogP contribution < -0.4 is 10.1 Å². The van der Waals surface area contributed by atoms with Crippen LogP contribution >= 0.6 is 0 Å². The van der Waals surface area contributed by atoms with Crippen molar-refractivity contribution in [2.24, 2.45) is 0 Å². The largest absolute Gasteiger partial charge is 0.491 e. The molecule has 3 amide bonds. The first-order valence-corrected chi connectivity index (χ1v) is 13.0. The SMILES string of the molecule is CC(C)Oc1ccc(CNC(=O)N(Cc2ccc(F)cc2F)C2(C)CCN(C(=O)OC(C)(C)C)CC2)cc1. The zero-order valence-electron chi connectivity index (χ0n) is 23.1. The summed E-state index contributed by atoms with van der Waals surface area (Å²) in [6.45, 7) is 12.3. The third-order valence-corrected chi connectivity index (χ3v) is 6.47. The minimum atomic E-state index is -0.710. The molecule has 1 aliphatic rings. The molecule has 1 fully saturated rings. The van der Waals surface area contributed by atoms with Crippen molar-refractivity contribution in [3.63, 3.8) is 0 Å². The van der Waals surface area contributed by atoms with Gasteiger partial charge >= 0.3 is 12.1 Å². The summed E-state index contributed by atoms with van der Waals surface area (Å²) < 4.78 is 39.3. The van der Waals surface area contributed by atoms with E-state index in [4.69, 9.17) is 9.47 Å². The molecule has 38 heavy (non-hydrogen) atoms. The molecule has 208 valence electrons. The summed E-state index contributed by atoms with van der Waals surface area (Å²) in [5.41, 5.74) is -0.179. The lowest BCUT2D eigenvalue weighted by Crippen LogP contribution is -2.58. The number of carbonyl (C=O) groups is 2. The van der Waals surface area contributed by atoms with E-state index in [0.29, 0.717) is 25.9 Å². The van der Waals surface area contributed by atoms with Gasteiger partial charge in [-0.25, -0.2) is 18.4 Å². The van der Waals surface area contributed by atoms with Crippen LogP contribution in [0.3, 0.4) is 0 Å². The summed E-state index contributed by atoms with van der Waals surface area (Å²) >= 11 is 0. The molecule has 0 aliphatic carbocycles. The number of piperidine rings is 1. The Bertz CT molecular complexity index is 1110. The molecular formula is C29H39F2N3O4. The van der Waals surface area contributed by atoms with Gasteiger partial charge in [-0.05, 0) is 78.1 Å². The highest BCUT2D eigenvalue weighted by atomic mass is 19.1. The minimum Gasteiger partial charge on any atom is -0.491 e. The second-order valence-corrected chi connectivity index (χ2v) is 11.3. The quantitative estimate of drug-likeness (QED) is 0.458. The number of ether oxygens (including phenoxy) is 2. The van der Waals surface area contributed by atoms with Gasteiger partial charge in [-0.3, -0.25) is 0 Å². The molecule has 2 aromatic rings. The Morgan fingerprint density at radius 2 is 1.71 bits per heavy atom. The van der Waals surface area contributed by atoms with E-state index in [2.05, 4.69) is 5.32 Å². The Labute approximate surface area is 224 Å². The van der Waals surface area contributed by atoms with E-state index < -0.39 is 28.9 Å². The zero-order chi connectivity index (χ0) is 28.1. The topological polar surface area (TPSA) is 71.1 Å². The lowest BCUT2D eigenvalue weighted by molar-refractivity contribution is 0.00441. The van der Waals surface area contributed by atoms with Crippen LogP contribution in [0.25, 0.3) is 0 Å². The molecule has 0 bridgehead atoms. The van der Waals surface area contributed by atoms with Crippen LogP contribution in [0.5, 0.6) is 5.75 Å². The van der Waals surface area contributed by atoms with Gasteiger partial charge in [-0.15, -0.1) is 0 Å². The highest BCUT2D eigenvalue weighted by molar-refractivity contribution is 5.75. The van der Waals surface area contributed by atoms with E-state index in [9.17, 15) is 18.4 Å². The average Bonchev–Trinajstić information content (AvgIpc) is 2.82. The normalized spacial score (nSPS) is 15.2. The number of likely N-dealkylation sites (tertiary alicyclic amines) is 1. The number of amides is 3. The number of nitrogens with one attached hydrogen (secondary N) is 1. The standard InChI is InChI=1S/C29H39F2N3O4/c1-20(2)37-24-11-7-21(8-12-24)18-32-26(35)34(19-22-9-10-23(30)17-25(22)31)29(6)13-15-33(16-14-29)27(36)38-28(3,4)5/h7-12,17,20H,13-16,18-19H2,1-6H3,(H,32,35). The van der Waals surface area contributed by atoms with Crippen LogP contribution in [-0.4, -0.2) is 52.3 Å². The van der Waals surface area contributed by atoms with Crippen molar-refractivity contribution >= 4 is 12.1 Å². The lowest BCUT2D eigenvalue weighted by Gasteiger charge is -2.46. The van der Waals surface area contributed by atoms with Crippen LogP contribution in [0, 0.1) is 11.6 Å². The van der Waals surface area contributed by atoms with Crippen LogP contribution in [0.2, 0.25) is 0 Å². The Morgan fingerprint density at radius 1 is 1.08 bits per heavy atom. The van der Waals surface area contributed by atoms with Gasteiger partial charge < -0.3 is 24.6 Å². The number of hydrogen-bond donors (Lipinski definition) is 1. The fourth-order valence-corrected chi connectivity index (χ4v) is 4.33. The molecule has 0 atom stereocenters. The highest BCUT2D eigenvalue weighted by Gasteiger charge is 2.40.